The van der Waals surface area contributed by atoms with E-state index in [9.17, 15) is 13.7 Å². The number of benzene rings is 3. The SMILES string of the molecule is Cc1cccc(CS/C(Nc2ccc(C)c(Cl)c2)=C(\C#N)S(=O)(=O)c2ccccc2)c1. The maximum atomic E-state index is 13.2. The molecule has 0 saturated carbocycles. The number of anilines is 1. The van der Waals surface area contributed by atoms with Gasteiger partial charge in [0.05, 0.1) is 4.90 Å². The normalized spacial score (nSPS) is 12.1. The first-order valence-electron chi connectivity index (χ1n) is 9.47. The van der Waals surface area contributed by atoms with Crippen molar-refractivity contribution in [3.8, 4) is 6.07 Å². The number of sulfone groups is 1. The number of thioether (sulfide) groups is 1. The van der Waals surface area contributed by atoms with Crippen molar-refractivity contribution < 1.29 is 8.42 Å². The van der Waals surface area contributed by atoms with Crippen LogP contribution in [-0.4, -0.2) is 8.42 Å². The van der Waals surface area contributed by atoms with Crippen molar-refractivity contribution >= 4 is 38.9 Å². The Balaban J connectivity index is 2.05. The van der Waals surface area contributed by atoms with Gasteiger partial charge >= 0.3 is 0 Å². The minimum atomic E-state index is -4.00. The number of aryl methyl sites for hydroxylation is 2. The van der Waals surface area contributed by atoms with E-state index in [1.807, 2.05) is 50.2 Å². The van der Waals surface area contributed by atoms with Crippen LogP contribution in [0.3, 0.4) is 0 Å². The Morgan fingerprint density at radius 1 is 1.03 bits per heavy atom. The monoisotopic (exact) mass is 468 g/mol. The van der Waals surface area contributed by atoms with Gasteiger partial charge in [0.15, 0.2) is 4.91 Å². The van der Waals surface area contributed by atoms with Crippen molar-refractivity contribution in [2.45, 2.75) is 24.5 Å². The van der Waals surface area contributed by atoms with E-state index in [0.29, 0.717) is 16.5 Å². The second-order valence-corrected chi connectivity index (χ2v) is 10.2. The summed E-state index contributed by atoms with van der Waals surface area (Å²) in [5, 5.41) is 13.8. The van der Waals surface area contributed by atoms with Crippen LogP contribution in [0.5, 0.6) is 0 Å². The Bertz CT molecular complexity index is 1260. The first-order chi connectivity index (χ1) is 14.8. The van der Waals surface area contributed by atoms with E-state index in [1.165, 1.54) is 23.9 Å². The maximum absolute atomic E-state index is 13.2. The minimum absolute atomic E-state index is 0.0731. The van der Waals surface area contributed by atoms with Gasteiger partial charge in [-0.15, -0.1) is 11.8 Å². The minimum Gasteiger partial charge on any atom is -0.348 e. The fourth-order valence-corrected chi connectivity index (χ4v) is 5.58. The summed E-state index contributed by atoms with van der Waals surface area (Å²) in [4.78, 5) is -0.253. The lowest BCUT2D eigenvalue weighted by Crippen LogP contribution is -2.10. The molecule has 0 aliphatic rings. The second-order valence-electron chi connectivity index (χ2n) is 6.95. The molecule has 4 nitrogen and oxygen atoms in total. The molecule has 0 fully saturated rings. The number of hydrogen-bond donors (Lipinski definition) is 1. The fraction of sp³-hybridized carbons (Fsp3) is 0.125. The van der Waals surface area contributed by atoms with Gasteiger partial charge < -0.3 is 5.32 Å². The van der Waals surface area contributed by atoms with E-state index in [0.717, 1.165) is 16.7 Å². The summed E-state index contributed by atoms with van der Waals surface area (Å²) in [7, 11) is -4.00. The summed E-state index contributed by atoms with van der Waals surface area (Å²) in [5.41, 5.74) is 3.65. The maximum Gasteiger partial charge on any atom is 0.219 e. The van der Waals surface area contributed by atoms with Crippen LogP contribution >= 0.6 is 23.4 Å². The Morgan fingerprint density at radius 2 is 1.77 bits per heavy atom. The molecule has 0 unspecified atom stereocenters. The predicted octanol–water partition coefficient (Wildman–Crippen LogP) is 6.47. The van der Waals surface area contributed by atoms with E-state index >= 15 is 0 Å². The number of nitrogens with zero attached hydrogens (tertiary/aromatic N) is 1. The number of allylic oxidation sites excluding steroid dienone is 1. The van der Waals surface area contributed by atoms with Gasteiger partial charge in [-0.3, -0.25) is 0 Å². The summed E-state index contributed by atoms with van der Waals surface area (Å²) < 4.78 is 26.4. The highest BCUT2D eigenvalue weighted by molar-refractivity contribution is 8.04. The molecule has 3 aromatic carbocycles. The summed E-state index contributed by atoms with van der Waals surface area (Å²) >= 11 is 7.51. The van der Waals surface area contributed by atoms with Crippen molar-refractivity contribution in [2.75, 3.05) is 5.32 Å². The molecule has 0 radical (unpaired) electrons. The topological polar surface area (TPSA) is 70.0 Å². The van der Waals surface area contributed by atoms with E-state index < -0.39 is 9.84 Å². The second kappa shape index (κ2) is 10.1. The number of nitriles is 1. The van der Waals surface area contributed by atoms with E-state index in [2.05, 4.69) is 5.32 Å². The fourth-order valence-electron chi connectivity index (χ4n) is 2.87. The molecule has 0 aliphatic carbocycles. The zero-order chi connectivity index (χ0) is 22.4. The van der Waals surface area contributed by atoms with Crippen LogP contribution in [0.4, 0.5) is 5.69 Å². The molecular formula is C24H21ClN2O2S2. The van der Waals surface area contributed by atoms with Gasteiger partial charge in [-0.05, 0) is 49.2 Å². The zero-order valence-electron chi connectivity index (χ0n) is 17.1. The van der Waals surface area contributed by atoms with Crippen molar-refractivity contribution in [3.05, 3.63) is 104 Å². The average molecular weight is 469 g/mol. The molecule has 0 saturated heterocycles. The number of nitrogens with one attached hydrogen (secondary N) is 1. The molecule has 0 amide bonds. The lowest BCUT2D eigenvalue weighted by molar-refractivity contribution is 0.603. The highest BCUT2D eigenvalue weighted by atomic mass is 35.5. The van der Waals surface area contributed by atoms with Gasteiger partial charge in [0.25, 0.3) is 0 Å². The first kappa shape index (κ1) is 23.0. The summed E-state index contributed by atoms with van der Waals surface area (Å²) in [5.74, 6) is 0.499. The number of hydrogen-bond acceptors (Lipinski definition) is 5. The van der Waals surface area contributed by atoms with Gasteiger partial charge in [0.1, 0.15) is 11.1 Å². The van der Waals surface area contributed by atoms with Gasteiger partial charge in [0.2, 0.25) is 9.84 Å². The van der Waals surface area contributed by atoms with Crippen molar-refractivity contribution in [3.63, 3.8) is 0 Å². The molecule has 0 spiro atoms. The summed E-state index contributed by atoms with van der Waals surface area (Å²) in [6.45, 7) is 3.88. The summed E-state index contributed by atoms with van der Waals surface area (Å²) in [6, 6.07) is 23.2. The Hall–Kier alpha value is -2.72. The lowest BCUT2D eigenvalue weighted by atomic mass is 10.2. The molecule has 3 rings (SSSR count). The van der Waals surface area contributed by atoms with Crippen LogP contribution in [0.15, 0.2) is 87.6 Å². The molecule has 31 heavy (non-hydrogen) atoms. The molecule has 1 N–H and O–H groups in total. The van der Waals surface area contributed by atoms with Crippen LogP contribution < -0.4 is 5.32 Å². The quantitative estimate of drug-likeness (QED) is 0.402. The molecule has 3 aromatic rings. The average Bonchev–Trinajstić information content (AvgIpc) is 2.75. The molecule has 0 aliphatic heterocycles. The first-order valence-corrected chi connectivity index (χ1v) is 12.3. The third-order valence-corrected chi connectivity index (χ3v) is 7.86. The predicted molar refractivity (Wildman–Crippen MR) is 129 cm³/mol. The number of halogens is 1. The van der Waals surface area contributed by atoms with Crippen LogP contribution in [0, 0.1) is 25.2 Å². The molecule has 7 heteroatoms. The van der Waals surface area contributed by atoms with Crippen LogP contribution in [0.2, 0.25) is 5.02 Å². The highest BCUT2D eigenvalue weighted by Gasteiger charge is 2.25. The van der Waals surface area contributed by atoms with Crippen molar-refractivity contribution in [1.29, 1.82) is 5.26 Å². The summed E-state index contributed by atoms with van der Waals surface area (Å²) in [6.07, 6.45) is 0. The van der Waals surface area contributed by atoms with Crippen LogP contribution in [0.25, 0.3) is 0 Å². The van der Waals surface area contributed by atoms with Gasteiger partial charge in [-0.1, -0.05) is 65.7 Å². The Kier molecular flexibility index (Phi) is 7.45. The van der Waals surface area contributed by atoms with Gasteiger partial charge in [0, 0.05) is 16.5 Å². The standard InChI is InChI=1S/C24H21ClN2O2S2/c1-17-7-6-8-19(13-17)16-30-24(27-20-12-11-18(2)22(25)14-20)23(15-26)31(28,29)21-9-4-3-5-10-21/h3-14,27H,16H2,1-2H3/b24-23+. The molecule has 0 bridgehead atoms. The molecule has 0 heterocycles. The third kappa shape index (κ3) is 5.71. The zero-order valence-corrected chi connectivity index (χ0v) is 19.5. The van der Waals surface area contributed by atoms with E-state index in [1.54, 1.807) is 30.3 Å². The molecule has 158 valence electrons. The van der Waals surface area contributed by atoms with Crippen molar-refractivity contribution in [1.82, 2.24) is 0 Å². The smallest absolute Gasteiger partial charge is 0.219 e. The van der Waals surface area contributed by atoms with Gasteiger partial charge in [-0.2, -0.15) is 5.26 Å². The van der Waals surface area contributed by atoms with E-state index in [-0.39, 0.29) is 14.8 Å². The Labute approximate surface area is 192 Å². The molecule has 0 aromatic heterocycles. The van der Waals surface area contributed by atoms with Crippen LogP contribution in [0.1, 0.15) is 16.7 Å². The molecular weight excluding hydrogens is 448 g/mol. The van der Waals surface area contributed by atoms with E-state index in [4.69, 9.17) is 11.6 Å². The highest BCUT2D eigenvalue weighted by Crippen LogP contribution is 2.32. The Morgan fingerprint density at radius 3 is 2.42 bits per heavy atom. The number of rotatable bonds is 7. The largest absolute Gasteiger partial charge is 0.348 e. The molecule has 0 atom stereocenters. The lowest BCUT2D eigenvalue weighted by Gasteiger charge is -2.15. The van der Waals surface area contributed by atoms with Gasteiger partial charge in [-0.25, -0.2) is 8.42 Å². The third-order valence-electron chi connectivity index (χ3n) is 4.53. The van der Waals surface area contributed by atoms with Crippen molar-refractivity contribution in [2.24, 2.45) is 0 Å². The van der Waals surface area contributed by atoms with Crippen LogP contribution in [-0.2, 0) is 15.6 Å².